The maximum absolute atomic E-state index is 5.64. The van der Waals surface area contributed by atoms with Gasteiger partial charge in [-0.3, -0.25) is 4.57 Å². The van der Waals surface area contributed by atoms with Crippen LogP contribution in [0.1, 0.15) is 86.4 Å². The zero-order chi connectivity index (χ0) is 43.8. The highest BCUT2D eigenvalue weighted by Crippen LogP contribution is 2.59. The number of aryl methyl sites for hydroxylation is 2. The van der Waals surface area contributed by atoms with Gasteiger partial charge in [0, 0.05) is 39.1 Å². The van der Waals surface area contributed by atoms with E-state index in [1.165, 1.54) is 100 Å². The second-order valence-corrected chi connectivity index (χ2v) is 20.2. The Kier molecular flexibility index (Phi) is 8.22. The largest absolute Gasteiger partial charge is 0.309 e. The number of hydrogen-bond acceptors (Lipinski definition) is 2. The Labute approximate surface area is 376 Å². The molecule has 12 rings (SSSR count). The van der Waals surface area contributed by atoms with E-state index < -0.39 is 0 Å². The second-order valence-electron chi connectivity index (χ2n) is 20.2. The first kappa shape index (κ1) is 38.5. The third-order valence-electron chi connectivity index (χ3n) is 14.1. The minimum atomic E-state index is -0.0870. The molecule has 10 aromatic rings. The quantitative estimate of drug-likeness (QED) is 0.177. The highest BCUT2D eigenvalue weighted by atomic mass is 15.2. The summed E-state index contributed by atoms with van der Waals surface area (Å²) in [4.78, 5) is 8.23. The van der Waals surface area contributed by atoms with Crippen LogP contribution in [0.3, 0.4) is 0 Å². The van der Waals surface area contributed by atoms with Crippen molar-refractivity contribution in [3.63, 3.8) is 0 Å². The normalized spacial score (nSPS) is 14.4. The fraction of sp³-hybridized carbons (Fsp3) is 0.183. The molecule has 0 amide bonds. The van der Waals surface area contributed by atoms with Crippen molar-refractivity contribution in [3.8, 4) is 33.9 Å². The van der Waals surface area contributed by atoms with Crippen molar-refractivity contribution in [1.82, 2.24) is 14.1 Å². The van der Waals surface area contributed by atoms with E-state index in [2.05, 4.69) is 233 Å². The minimum Gasteiger partial charge on any atom is -0.309 e. The number of para-hydroxylation sites is 2. The lowest BCUT2D eigenvalue weighted by atomic mass is 9.74. The van der Waals surface area contributed by atoms with Crippen LogP contribution in [0.25, 0.3) is 66.7 Å². The van der Waals surface area contributed by atoms with E-state index in [1.807, 2.05) is 0 Å². The Morgan fingerprint density at radius 3 is 1.81 bits per heavy atom. The summed E-state index contributed by atoms with van der Waals surface area (Å²) in [5.41, 5.74) is 23.0. The Hall–Kier alpha value is -7.17. The van der Waals surface area contributed by atoms with Crippen LogP contribution >= 0.6 is 0 Å². The van der Waals surface area contributed by atoms with Gasteiger partial charge in [0.15, 0.2) is 0 Å². The summed E-state index contributed by atoms with van der Waals surface area (Å²) in [6, 6.07) is 61.5. The molecule has 0 radical (unpaired) electrons. The van der Waals surface area contributed by atoms with Crippen LogP contribution in [-0.2, 0) is 10.8 Å². The summed E-state index contributed by atoms with van der Waals surface area (Å²) >= 11 is 0. The summed E-state index contributed by atoms with van der Waals surface area (Å²) in [6.45, 7) is 18.4. The number of anilines is 3. The van der Waals surface area contributed by atoms with Gasteiger partial charge in [-0.1, -0.05) is 151 Å². The summed E-state index contributed by atoms with van der Waals surface area (Å²) < 4.78 is 4.96. The minimum absolute atomic E-state index is 0.0292. The SMILES string of the molecule is Cc1cccc(C)c1-c1nc2cc(C(C)(C)C)cc3c2n1-c1cccc2c1C3c1ccc(-n3c4ccccc4c4ccccc43)cc1N2c1ccc(C(C)(C)C)cc1-c1ccccc1. The average molecular weight is 829 g/mol. The van der Waals surface area contributed by atoms with Crippen molar-refractivity contribution in [1.29, 1.82) is 0 Å². The average Bonchev–Trinajstić information content (AvgIpc) is 3.83. The van der Waals surface area contributed by atoms with Gasteiger partial charge in [-0.2, -0.15) is 0 Å². The maximum Gasteiger partial charge on any atom is 0.146 e. The van der Waals surface area contributed by atoms with Crippen LogP contribution in [-0.4, -0.2) is 14.1 Å². The monoisotopic (exact) mass is 828 g/mol. The van der Waals surface area contributed by atoms with Crippen molar-refractivity contribution < 1.29 is 0 Å². The molecule has 0 spiro atoms. The lowest BCUT2D eigenvalue weighted by Gasteiger charge is -2.42. The Bertz CT molecular complexity index is 3480. The second kappa shape index (κ2) is 13.7. The molecule has 2 aromatic heterocycles. The molecule has 0 bridgehead atoms. The van der Waals surface area contributed by atoms with Crippen LogP contribution in [0.15, 0.2) is 164 Å². The molecule has 2 aliphatic heterocycles. The molecule has 0 fully saturated rings. The molecular weight excluding hydrogens is 777 g/mol. The Balaban J connectivity index is 1.22. The summed E-state index contributed by atoms with van der Waals surface area (Å²) in [7, 11) is 0. The van der Waals surface area contributed by atoms with Gasteiger partial charge in [0.2, 0.25) is 0 Å². The summed E-state index contributed by atoms with van der Waals surface area (Å²) in [5.74, 6) is 0.974. The van der Waals surface area contributed by atoms with Gasteiger partial charge in [-0.25, -0.2) is 4.98 Å². The molecule has 4 nitrogen and oxygen atoms in total. The van der Waals surface area contributed by atoms with Gasteiger partial charge in [-0.15, -0.1) is 0 Å². The number of rotatable bonds is 4. The number of aromatic nitrogens is 3. The molecule has 4 heterocycles. The molecule has 0 saturated heterocycles. The molecule has 64 heavy (non-hydrogen) atoms. The highest BCUT2D eigenvalue weighted by Gasteiger charge is 2.41. The van der Waals surface area contributed by atoms with Crippen LogP contribution in [0.2, 0.25) is 0 Å². The van der Waals surface area contributed by atoms with Gasteiger partial charge in [0.1, 0.15) is 5.82 Å². The number of hydrogen-bond donors (Lipinski definition) is 0. The number of imidazole rings is 1. The van der Waals surface area contributed by atoms with E-state index in [9.17, 15) is 0 Å². The van der Waals surface area contributed by atoms with Crippen molar-refractivity contribution in [2.45, 2.75) is 72.1 Å². The van der Waals surface area contributed by atoms with Gasteiger partial charge in [0.25, 0.3) is 0 Å². The van der Waals surface area contributed by atoms with Gasteiger partial charge < -0.3 is 9.47 Å². The van der Waals surface area contributed by atoms with E-state index in [4.69, 9.17) is 4.98 Å². The molecule has 4 heteroatoms. The molecule has 1 unspecified atom stereocenters. The van der Waals surface area contributed by atoms with Crippen LogP contribution in [0.5, 0.6) is 0 Å². The van der Waals surface area contributed by atoms with E-state index in [0.717, 1.165) is 22.7 Å². The van der Waals surface area contributed by atoms with Crippen molar-refractivity contribution in [2.75, 3.05) is 4.90 Å². The third kappa shape index (κ3) is 5.57. The molecule has 2 aliphatic rings. The van der Waals surface area contributed by atoms with Crippen LogP contribution in [0, 0.1) is 13.8 Å². The number of nitrogens with zero attached hydrogens (tertiary/aromatic N) is 4. The van der Waals surface area contributed by atoms with Crippen LogP contribution in [0.4, 0.5) is 17.1 Å². The fourth-order valence-electron chi connectivity index (χ4n) is 10.9. The van der Waals surface area contributed by atoms with Gasteiger partial charge >= 0.3 is 0 Å². The zero-order valence-corrected chi connectivity index (χ0v) is 38.0. The fourth-order valence-corrected chi connectivity index (χ4v) is 10.9. The zero-order valence-electron chi connectivity index (χ0n) is 38.0. The predicted molar refractivity (Wildman–Crippen MR) is 269 cm³/mol. The molecule has 312 valence electrons. The molecular formula is C60H52N4. The van der Waals surface area contributed by atoms with E-state index in [0.29, 0.717) is 0 Å². The lowest BCUT2D eigenvalue weighted by Crippen LogP contribution is -2.27. The third-order valence-corrected chi connectivity index (χ3v) is 14.1. The summed E-state index contributed by atoms with van der Waals surface area (Å²) in [6.07, 6.45) is 0. The van der Waals surface area contributed by atoms with E-state index in [1.54, 1.807) is 0 Å². The Morgan fingerprint density at radius 1 is 0.484 bits per heavy atom. The first-order chi connectivity index (χ1) is 30.9. The summed E-state index contributed by atoms with van der Waals surface area (Å²) in [5, 5.41) is 2.52. The highest BCUT2D eigenvalue weighted by molar-refractivity contribution is 6.09. The molecule has 1 atom stereocenters. The van der Waals surface area contributed by atoms with Crippen molar-refractivity contribution in [2.24, 2.45) is 0 Å². The number of benzene rings is 8. The molecule has 8 aromatic carbocycles. The first-order valence-corrected chi connectivity index (χ1v) is 22.8. The van der Waals surface area contributed by atoms with Gasteiger partial charge in [-0.05, 0) is 118 Å². The molecule has 0 saturated carbocycles. The standard InChI is InChI=1S/C60H52N4/c1-36-18-16-19-37(2)54(36)58-61-47-34-40(60(6,7)8)33-46-55-44-30-29-41(62-48-24-14-12-22-42(48)43-23-13-15-25-49(43)62)35-53(44)63(51-26-17-27-52(56(51)55)64(58)57(46)47)50-31-28-39(59(3,4)5)32-45(50)38-20-10-9-11-21-38/h9-35,55H,1-8H3. The lowest BCUT2D eigenvalue weighted by molar-refractivity contribution is 0.589. The van der Waals surface area contributed by atoms with Crippen molar-refractivity contribution >= 4 is 49.9 Å². The van der Waals surface area contributed by atoms with E-state index >= 15 is 0 Å². The van der Waals surface area contributed by atoms with Crippen molar-refractivity contribution in [3.05, 3.63) is 203 Å². The van der Waals surface area contributed by atoms with Gasteiger partial charge in [0.05, 0.1) is 44.8 Å². The van der Waals surface area contributed by atoms with E-state index in [-0.39, 0.29) is 16.7 Å². The first-order valence-electron chi connectivity index (χ1n) is 22.8. The molecule has 0 N–H and O–H groups in total. The maximum atomic E-state index is 5.64. The Morgan fingerprint density at radius 2 is 1.12 bits per heavy atom. The van der Waals surface area contributed by atoms with Crippen LogP contribution < -0.4 is 4.90 Å². The topological polar surface area (TPSA) is 26.0 Å². The predicted octanol–water partition coefficient (Wildman–Crippen LogP) is 15.9. The smallest absolute Gasteiger partial charge is 0.146 e. The number of fused-ring (bicyclic) bond motifs is 7. The molecule has 0 aliphatic carbocycles.